The monoisotopic (exact) mass is 454 g/mol. The Labute approximate surface area is 197 Å². The summed E-state index contributed by atoms with van der Waals surface area (Å²) in [4.78, 5) is 27.6. The Morgan fingerprint density at radius 2 is 1.66 bits per heavy atom. The van der Waals surface area contributed by atoms with Crippen LogP contribution in [-0.2, 0) is 16.0 Å². The van der Waals surface area contributed by atoms with Crippen LogP contribution in [0.2, 0.25) is 5.02 Å². The van der Waals surface area contributed by atoms with Crippen molar-refractivity contribution in [2.24, 2.45) is 11.8 Å². The highest BCUT2D eigenvalue weighted by atomic mass is 35.5. The van der Waals surface area contributed by atoms with E-state index in [1.165, 1.54) is 5.56 Å². The van der Waals surface area contributed by atoms with Gasteiger partial charge in [0.05, 0.1) is 6.04 Å². The van der Waals surface area contributed by atoms with E-state index in [1.807, 2.05) is 47.4 Å². The molecule has 0 radical (unpaired) electrons. The lowest BCUT2D eigenvalue weighted by Crippen LogP contribution is -2.43. The Hall–Kier alpha value is -2.33. The number of carbonyl (C=O) groups is 2. The van der Waals surface area contributed by atoms with E-state index < -0.39 is 0 Å². The van der Waals surface area contributed by atoms with Crippen molar-refractivity contribution in [3.8, 4) is 0 Å². The number of aryl methyl sites for hydroxylation is 1. The summed E-state index contributed by atoms with van der Waals surface area (Å²) in [5.74, 6) is 0.822. The minimum atomic E-state index is -0.0398. The summed E-state index contributed by atoms with van der Waals surface area (Å²) in [6.07, 6.45) is 4.68. The van der Waals surface area contributed by atoms with Crippen LogP contribution in [0.25, 0.3) is 0 Å². The fourth-order valence-electron chi connectivity index (χ4n) is 4.25. The molecular weight excluding hydrogens is 420 g/mol. The van der Waals surface area contributed by atoms with Crippen molar-refractivity contribution >= 4 is 23.4 Å². The molecule has 172 valence electrons. The maximum atomic E-state index is 13.0. The lowest BCUT2D eigenvalue weighted by atomic mass is 9.93. The molecule has 4 nitrogen and oxygen atoms in total. The molecule has 3 rings (SSSR count). The average Bonchev–Trinajstić information content (AvgIpc) is 2.81. The van der Waals surface area contributed by atoms with Gasteiger partial charge >= 0.3 is 0 Å². The number of amides is 2. The van der Waals surface area contributed by atoms with Crippen LogP contribution in [0.3, 0.4) is 0 Å². The molecule has 1 fully saturated rings. The molecule has 1 heterocycles. The van der Waals surface area contributed by atoms with Gasteiger partial charge in [-0.2, -0.15) is 0 Å². The molecule has 5 heteroatoms. The Kier molecular flexibility index (Phi) is 9.16. The van der Waals surface area contributed by atoms with E-state index in [1.54, 1.807) is 0 Å². The molecule has 0 aliphatic carbocycles. The third-order valence-electron chi connectivity index (χ3n) is 6.31. The average molecular weight is 455 g/mol. The smallest absolute Gasteiger partial charge is 0.223 e. The highest BCUT2D eigenvalue weighted by Gasteiger charge is 2.28. The van der Waals surface area contributed by atoms with Gasteiger partial charge in [-0.3, -0.25) is 9.59 Å². The quantitative estimate of drug-likeness (QED) is 0.520. The number of rotatable bonds is 9. The molecule has 2 amide bonds. The molecule has 0 aromatic heterocycles. The number of hydrogen-bond acceptors (Lipinski definition) is 2. The predicted molar refractivity (Wildman–Crippen MR) is 130 cm³/mol. The van der Waals surface area contributed by atoms with Gasteiger partial charge in [0.2, 0.25) is 11.8 Å². The Bertz CT molecular complexity index is 859. The molecule has 1 N–H and O–H groups in total. The molecule has 32 heavy (non-hydrogen) atoms. The zero-order valence-electron chi connectivity index (χ0n) is 19.2. The number of benzene rings is 2. The second-order valence-corrected chi connectivity index (χ2v) is 9.66. The lowest BCUT2D eigenvalue weighted by molar-refractivity contribution is -0.135. The van der Waals surface area contributed by atoms with Gasteiger partial charge in [0.1, 0.15) is 0 Å². The topological polar surface area (TPSA) is 49.4 Å². The minimum absolute atomic E-state index is 0.00676. The van der Waals surface area contributed by atoms with Crippen molar-refractivity contribution in [1.29, 1.82) is 0 Å². The van der Waals surface area contributed by atoms with Gasteiger partial charge in [0, 0.05) is 30.5 Å². The van der Waals surface area contributed by atoms with E-state index in [0.717, 1.165) is 37.7 Å². The number of likely N-dealkylation sites (tertiary alicyclic amines) is 1. The van der Waals surface area contributed by atoms with Crippen LogP contribution in [0.4, 0.5) is 0 Å². The van der Waals surface area contributed by atoms with E-state index in [9.17, 15) is 9.59 Å². The predicted octanol–water partition coefficient (Wildman–Crippen LogP) is 5.80. The second kappa shape index (κ2) is 12.1. The van der Waals surface area contributed by atoms with Crippen LogP contribution in [0.1, 0.15) is 63.1 Å². The van der Waals surface area contributed by atoms with Gasteiger partial charge in [-0.25, -0.2) is 0 Å². The third-order valence-corrected chi connectivity index (χ3v) is 6.56. The number of nitrogens with one attached hydrogen (secondary N) is 1. The normalized spacial score (nSPS) is 15.6. The minimum Gasteiger partial charge on any atom is -0.349 e. The molecule has 2 aromatic rings. The van der Waals surface area contributed by atoms with Gasteiger partial charge in [0.25, 0.3) is 0 Å². The molecule has 2 aromatic carbocycles. The number of piperidine rings is 1. The molecule has 1 aliphatic rings. The molecule has 1 atom stereocenters. The SMILES string of the molecule is CC(C)CCC(NC(=O)C1CCN(C(=O)CCc2ccccc2)CC1)c1ccc(Cl)cc1. The van der Waals surface area contributed by atoms with E-state index >= 15 is 0 Å². The Balaban J connectivity index is 1.50. The fourth-order valence-corrected chi connectivity index (χ4v) is 4.38. The van der Waals surface area contributed by atoms with Crippen molar-refractivity contribution in [1.82, 2.24) is 10.2 Å². The number of hydrogen-bond donors (Lipinski definition) is 1. The maximum Gasteiger partial charge on any atom is 0.223 e. The van der Waals surface area contributed by atoms with Crippen molar-refractivity contribution in [3.63, 3.8) is 0 Å². The molecule has 0 bridgehead atoms. The highest BCUT2D eigenvalue weighted by Crippen LogP contribution is 2.25. The van der Waals surface area contributed by atoms with Gasteiger partial charge in [-0.1, -0.05) is 67.9 Å². The number of carbonyl (C=O) groups excluding carboxylic acids is 2. The van der Waals surface area contributed by atoms with Crippen LogP contribution in [-0.4, -0.2) is 29.8 Å². The first-order chi connectivity index (χ1) is 15.4. The number of halogens is 1. The van der Waals surface area contributed by atoms with Crippen molar-refractivity contribution in [2.75, 3.05) is 13.1 Å². The van der Waals surface area contributed by atoms with Crippen LogP contribution in [0.15, 0.2) is 54.6 Å². The summed E-state index contributed by atoms with van der Waals surface area (Å²) in [6.45, 7) is 5.71. The zero-order valence-corrected chi connectivity index (χ0v) is 20.0. The van der Waals surface area contributed by atoms with Crippen LogP contribution < -0.4 is 5.32 Å². The van der Waals surface area contributed by atoms with Gasteiger partial charge in [0.15, 0.2) is 0 Å². The summed E-state index contributed by atoms with van der Waals surface area (Å²) in [5.41, 5.74) is 2.28. The lowest BCUT2D eigenvalue weighted by Gasteiger charge is -2.32. The first kappa shape index (κ1) is 24.3. The molecule has 0 saturated carbocycles. The van der Waals surface area contributed by atoms with Crippen molar-refractivity contribution in [3.05, 3.63) is 70.7 Å². The first-order valence-corrected chi connectivity index (χ1v) is 12.2. The molecule has 1 saturated heterocycles. The van der Waals surface area contributed by atoms with E-state index in [4.69, 9.17) is 11.6 Å². The summed E-state index contributed by atoms with van der Waals surface area (Å²) in [5, 5.41) is 3.98. The maximum absolute atomic E-state index is 13.0. The zero-order chi connectivity index (χ0) is 22.9. The van der Waals surface area contributed by atoms with Gasteiger partial charge in [-0.05, 0) is 61.3 Å². The number of nitrogens with zero attached hydrogens (tertiary/aromatic N) is 1. The van der Waals surface area contributed by atoms with E-state index in [0.29, 0.717) is 30.5 Å². The van der Waals surface area contributed by atoms with Gasteiger partial charge < -0.3 is 10.2 Å². The summed E-state index contributed by atoms with van der Waals surface area (Å²) >= 11 is 6.05. The summed E-state index contributed by atoms with van der Waals surface area (Å²) in [7, 11) is 0. The van der Waals surface area contributed by atoms with Gasteiger partial charge in [-0.15, -0.1) is 0 Å². The molecule has 1 aliphatic heterocycles. The molecule has 1 unspecified atom stereocenters. The molecular formula is C27H35ClN2O2. The Morgan fingerprint density at radius 1 is 1.00 bits per heavy atom. The van der Waals surface area contributed by atoms with E-state index in [2.05, 4.69) is 31.3 Å². The van der Waals surface area contributed by atoms with Crippen molar-refractivity contribution in [2.45, 2.75) is 58.4 Å². The fraction of sp³-hybridized carbons (Fsp3) is 0.481. The summed E-state index contributed by atoms with van der Waals surface area (Å²) in [6, 6.07) is 17.9. The van der Waals surface area contributed by atoms with Crippen molar-refractivity contribution < 1.29 is 9.59 Å². The highest BCUT2D eigenvalue weighted by molar-refractivity contribution is 6.30. The largest absolute Gasteiger partial charge is 0.349 e. The summed E-state index contributed by atoms with van der Waals surface area (Å²) < 4.78 is 0. The standard InChI is InChI=1S/C27H35ClN2O2/c1-20(2)8-14-25(22-10-12-24(28)13-11-22)29-27(32)23-16-18-30(19-17-23)26(31)15-9-21-6-4-3-5-7-21/h3-7,10-13,20,23,25H,8-9,14-19H2,1-2H3,(H,29,32). The third kappa shape index (κ3) is 7.37. The molecule has 0 spiro atoms. The van der Waals surface area contributed by atoms with E-state index in [-0.39, 0.29) is 23.8 Å². The van der Waals surface area contributed by atoms with Crippen LogP contribution in [0, 0.1) is 11.8 Å². The van der Waals surface area contributed by atoms with Crippen LogP contribution >= 0.6 is 11.6 Å². The van der Waals surface area contributed by atoms with Crippen LogP contribution in [0.5, 0.6) is 0 Å². The second-order valence-electron chi connectivity index (χ2n) is 9.22. The first-order valence-electron chi connectivity index (χ1n) is 11.8. The Morgan fingerprint density at radius 3 is 2.28 bits per heavy atom.